The van der Waals surface area contributed by atoms with Crippen molar-refractivity contribution in [1.29, 1.82) is 0 Å². The molecule has 6 nitrogen and oxygen atoms in total. The molecule has 0 saturated carbocycles. The van der Waals surface area contributed by atoms with Gasteiger partial charge in [-0.15, -0.1) is 0 Å². The van der Waals surface area contributed by atoms with E-state index in [2.05, 4.69) is 27.1 Å². The lowest BCUT2D eigenvalue weighted by atomic mass is 10.2. The summed E-state index contributed by atoms with van der Waals surface area (Å²) in [5, 5.41) is 4.21. The lowest BCUT2D eigenvalue weighted by Crippen LogP contribution is -2.48. The first-order chi connectivity index (χ1) is 12.5. The molecule has 0 atom stereocenters. The van der Waals surface area contributed by atoms with Crippen LogP contribution in [0.25, 0.3) is 0 Å². The highest BCUT2D eigenvalue weighted by molar-refractivity contribution is 6.35. The van der Waals surface area contributed by atoms with Crippen LogP contribution >= 0.6 is 23.2 Å². The second kappa shape index (κ2) is 8.20. The van der Waals surface area contributed by atoms with E-state index in [1.807, 2.05) is 4.90 Å². The number of amides is 1. The van der Waals surface area contributed by atoms with E-state index < -0.39 is 0 Å². The Morgan fingerprint density at radius 2 is 1.88 bits per heavy atom. The highest BCUT2D eigenvalue weighted by Crippen LogP contribution is 2.28. The number of nitrogens with one attached hydrogen (secondary N) is 1. The maximum absolute atomic E-state index is 12.8. The molecule has 1 aromatic carbocycles. The molecule has 1 saturated heterocycles. The van der Waals surface area contributed by atoms with Gasteiger partial charge in [0.05, 0.1) is 10.7 Å². The van der Waals surface area contributed by atoms with Gasteiger partial charge in [-0.25, -0.2) is 9.97 Å². The fourth-order valence-corrected chi connectivity index (χ4v) is 3.24. The SMILES string of the molecule is CCN1CCN(C(=O)c2cc(Nc3cc(Cl)ccc3Cl)nc(C)n2)CC1. The quantitative estimate of drug-likeness (QED) is 0.859. The van der Waals surface area contributed by atoms with Gasteiger partial charge in [-0.1, -0.05) is 30.1 Å². The van der Waals surface area contributed by atoms with Gasteiger partial charge in [0.1, 0.15) is 17.3 Å². The Hall–Kier alpha value is -1.89. The minimum atomic E-state index is -0.0773. The van der Waals surface area contributed by atoms with Gasteiger partial charge >= 0.3 is 0 Å². The van der Waals surface area contributed by atoms with Gasteiger partial charge in [0.2, 0.25) is 0 Å². The van der Waals surface area contributed by atoms with E-state index in [0.717, 1.165) is 19.6 Å². The number of piperazine rings is 1. The van der Waals surface area contributed by atoms with Crippen LogP contribution in [-0.2, 0) is 0 Å². The Balaban J connectivity index is 1.79. The molecular formula is C18H21Cl2N5O. The van der Waals surface area contributed by atoms with Crippen molar-refractivity contribution in [2.75, 3.05) is 38.0 Å². The van der Waals surface area contributed by atoms with Gasteiger partial charge in [-0.2, -0.15) is 0 Å². The van der Waals surface area contributed by atoms with Crippen molar-refractivity contribution in [3.63, 3.8) is 0 Å². The van der Waals surface area contributed by atoms with Crippen LogP contribution in [0.2, 0.25) is 10.0 Å². The minimum absolute atomic E-state index is 0.0773. The normalized spacial score (nSPS) is 15.2. The largest absolute Gasteiger partial charge is 0.339 e. The topological polar surface area (TPSA) is 61.4 Å². The van der Waals surface area contributed by atoms with Gasteiger partial charge in [0.25, 0.3) is 5.91 Å². The van der Waals surface area contributed by atoms with Crippen LogP contribution in [0.5, 0.6) is 0 Å². The summed E-state index contributed by atoms with van der Waals surface area (Å²) in [7, 11) is 0. The molecule has 0 aliphatic carbocycles. The Labute approximate surface area is 163 Å². The molecule has 2 heterocycles. The number of benzene rings is 1. The van der Waals surface area contributed by atoms with E-state index in [-0.39, 0.29) is 5.91 Å². The van der Waals surface area contributed by atoms with E-state index in [0.29, 0.717) is 46.2 Å². The summed E-state index contributed by atoms with van der Waals surface area (Å²) in [5.41, 5.74) is 1.01. The first-order valence-electron chi connectivity index (χ1n) is 8.55. The second-order valence-electron chi connectivity index (χ2n) is 6.16. The van der Waals surface area contributed by atoms with Crippen LogP contribution in [0, 0.1) is 6.92 Å². The summed E-state index contributed by atoms with van der Waals surface area (Å²) in [6.07, 6.45) is 0. The molecular weight excluding hydrogens is 373 g/mol. The van der Waals surface area contributed by atoms with Gasteiger partial charge in [-0.05, 0) is 31.7 Å². The number of carbonyl (C=O) groups is 1. The third-order valence-electron chi connectivity index (χ3n) is 4.35. The van der Waals surface area contributed by atoms with E-state index in [1.165, 1.54) is 0 Å². The molecule has 1 amide bonds. The number of aromatic nitrogens is 2. The number of hydrogen-bond acceptors (Lipinski definition) is 5. The average molecular weight is 394 g/mol. The number of nitrogens with zero attached hydrogens (tertiary/aromatic N) is 4. The molecule has 1 aliphatic heterocycles. The molecule has 1 fully saturated rings. The molecule has 0 unspecified atom stereocenters. The Kier molecular flexibility index (Phi) is 5.96. The lowest BCUT2D eigenvalue weighted by Gasteiger charge is -2.33. The van der Waals surface area contributed by atoms with E-state index >= 15 is 0 Å². The van der Waals surface area contributed by atoms with Crippen LogP contribution in [0.3, 0.4) is 0 Å². The number of aryl methyl sites for hydroxylation is 1. The predicted molar refractivity (Wildman–Crippen MR) is 105 cm³/mol. The third-order valence-corrected chi connectivity index (χ3v) is 4.92. The fraction of sp³-hybridized carbons (Fsp3) is 0.389. The van der Waals surface area contributed by atoms with Crippen LogP contribution in [0.4, 0.5) is 11.5 Å². The number of hydrogen-bond donors (Lipinski definition) is 1. The molecule has 1 aromatic heterocycles. The third kappa shape index (κ3) is 4.44. The fourth-order valence-electron chi connectivity index (χ4n) is 2.90. The van der Waals surface area contributed by atoms with Crippen molar-refractivity contribution < 1.29 is 4.79 Å². The average Bonchev–Trinajstić information content (AvgIpc) is 2.64. The molecule has 1 N–H and O–H groups in total. The maximum atomic E-state index is 12.8. The van der Waals surface area contributed by atoms with Crippen molar-refractivity contribution in [1.82, 2.24) is 19.8 Å². The maximum Gasteiger partial charge on any atom is 0.272 e. The number of likely N-dealkylation sites (N-methyl/N-ethyl adjacent to an activating group) is 1. The summed E-state index contributed by atoms with van der Waals surface area (Å²) in [4.78, 5) is 25.6. The molecule has 0 spiro atoms. The Morgan fingerprint density at radius 3 is 2.58 bits per heavy atom. The zero-order valence-electron chi connectivity index (χ0n) is 14.8. The molecule has 138 valence electrons. The van der Waals surface area contributed by atoms with Gasteiger partial charge in [-0.3, -0.25) is 4.79 Å². The number of carbonyl (C=O) groups excluding carboxylic acids is 1. The minimum Gasteiger partial charge on any atom is -0.339 e. The molecule has 8 heteroatoms. The monoisotopic (exact) mass is 393 g/mol. The number of halogens is 2. The molecule has 3 rings (SSSR count). The first kappa shape index (κ1) is 18.9. The van der Waals surface area contributed by atoms with Crippen LogP contribution < -0.4 is 5.32 Å². The van der Waals surface area contributed by atoms with Crippen LogP contribution in [0.15, 0.2) is 24.3 Å². The highest BCUT2D eigenvalue weighted by Gasteiger charge is 2.23. The number of anilines is 2. The number of rotatable bonds is 4. The van der Waals surface area contributed by atoms with Gasteiger partial charge in [0.15, 0.2) is 0 Å². The Morgan fingerprint density at radius 1 is 1.15 bits per heavy atom. The molecule has 1 aliphatic rings. The lowest BCUT2D eigenvalue weighted by molar-refractivity contribution is 0.0637. The van der Waals surface area contributed by atoms with E-state index in [4.69, 9.17) is 23.2 Å². The smallest absolute Gasteiger partial charge is 0.272 e. The van der Waals surface area contributed by atoms with Crippen LogP contribution in [0.1, 0.15) is 23.2 Å². The molecule has 0 radical (unpaired) electrons. The summed E-state index contributed by atoms with van der Waals surface area (Å²) in [6.45, 7) is 8.08. The van der Waals surface area contributed by atoms with Crippen molar-refractivity contribution in [2.24, 2.45) is 0 Å². The van der Waals surface area contributed by atoms with Crippen molar-refractivity contribution in [3.8, 4) is 0 Å². The summed E-state index contributed by atoms with van der Waals surface area (Å²) >= 11 is 12.2. The summed E-state index contributed by atoms with van der Waals surface area (Å²) < 4.78 is 0. The zero-order chi connectivity index (χ0) is 18.7. The molecule has 2 aromatic rings. The first-order valence-corrected chi connectivity index (χ1v) is 9.31. The summed E-state index contributed by atoms with van der Waals surface area (Å²) in [6, 6.07) is 6.79. The van der Waals surface area contributed by atoms with Gasteiger partial charge < -0.3 is 15.1 Å². The van der Waals surface area contributed by atoms with Gasteiger partial charge in [0, 0.05) is 37.3 Å². The second-order valence-corrected chi connectivity index (χ2v) is 7.00. The summed E-state index contributed by atoms with van der Waals surface area (Å²) in [5.74, 6) is 0.951. The molecule has 0 bridgehead atoms. The zero-order valence-corrected chi connectivity index (χ0v) is 16.3. The van der Waals surface area contributed by atoms with Crippen molar-refractivity contribution in [2.45, 2.75) is 13.8 Å². The standard InChI is InChI=1S/C18H21Cl2N5O/c1-3-24-6-8-25(9-7-24)18(26)16-11-17(22-12(2)21-16)23-15-10-13(19)4-5-14(15)20/h4-5,10-11H,3,6-9H2,1-2H3,(H,21,22,23). The highest BCUT2D eigenvalue weighted by atomic mass is 35.5. The van der Waals surface area contributed by atoms with E-state index in [1.54, 1.807) is 31.2 Å². The van der Waals surface area contributed by atoms with E-state index in [9.17, 15) is 4.79 Å². The van der Waals surface area contributed by atoms with Crippen LogP contribution in [-0.4, -0.2) is 58.4 Å². The predicted octanol–water partition coefficient (Wildman–Crippen LogP) is 3.61. The van der Waals surface area contributed by atoms with Crippen molar-refractivity contribution >= 4 is 40.6 Å². The van der Waals surface area contributed by atoms with Crippen molar-refractivity contribution in [3.05, 3.63) is 45.8 Å². The Bertz CT molecular complexity index is 806. The molecule has 26 heavy (non-hydrogen) atoms.